The third-order valence-electron chi connectivity index (χ3n) is 7.51. The van der Waals surface area contributed by atoms with Crippen molar-refractivity contribution < 1.29 is 19.1 Å². The molecule has 0 radical (unpaired) electrons. The highest BCUT2D eigenvalue weighted by Crippen LogP contribution is 2.43. The lowest BCUT2D eigenvalue weighted by atomic mass is 10.1. The average molecular weight is 749 g/mol. The molecule has 0 saturated heterocycles. The van der Waals surface area contributed by atoms with Crippen molar-refractivity contribution >= 4 is 66.5 Å². The van der Waals surface area contributed by atoms with Crippen molar-refractivity contribution in [1.29, 1.82) is 0 Å². The molecule has 0 spiro atoms. The van der Waals surface area contributed by atoms with Gasteiger partial charge in [0.2, 0.25) is 0 Å². The van der Waals surface area contributed by atoms with Gasteiger partial charge in [0.15, 0.2) is 0 Å². The quantitative estimate of drug-likeness (QED) is 0.0749. The summed E-state index contributed by atoms with van der Waals surface area (Å²) in [6, 6.07) is 3.60. The van der Waals surface area contributed by atoms with Gasteiger partial charge in [-0.1, -0.05) is 129 Å². The maximum absolute atomic E-state index is 13.0. The van der Waals surface area contributed by atoms with Gasteiger partial charge >= 0.3 is 11.9 Å². The molecule has 2 aromatic rings. The zero-order valence-electron chi connectivity index (χ0n) is 25.9. The fourth-order valence-electron chi connectivity index (χ4n) is 5.03. The first kappa shape index (κ1) is 37.5. The third kappa shape index (κ3) is 15.3. The predicted octanol–water partition coefficient (Wildman–Crippen LogP) is 13.2. The average Bonchev–Trinajstić information content (AvgIpc) is 3.56. The summed E-state index contributed by atoms with van der Waals surface area (Å²) in [5, 5.41) is 0. The van der Waals surface area contributed by atoms with Crippen LogP contribution in [0.5, 0.6) is 0 Å². The molecule has 0 atom stereocenters. The molecule has 0 amide bonds. The largest absolute Gasteiger partial charge is 0.462 e. The van der Waals surface area contributed by atoms with Crippen LogP contribution in [0.2, 0.25) is 0 Å². The maximum Gasteiger partial charge on any atom is 0.339 e. The van der Waals surface area contributed by atoms with Crippen LogP contribution in [0, 0.1) is 0 Å². The van der Waals surface area contributed by atoms with Crippen molar-refractivity contribution in [1.82, 2.24) is 0 Å². The van der Waals surface area contributed by atoms with Gasteiger partial charge in [0, 0.05) is 0 Å². The number of thiophene rings is 2. The van der Waals surface area contributed by atoms with Crippen molar-refractivity contribution in [3.63, 3.8) is 0 Å². The number of carbonyl (C=O) groups is 2. The number of hydrogen-bond acceptors (Lipinski definition) is 6. The summed E-state index contributed by atoms with van der Waals surface area (Å²) in [5.74, 6) is -0.672. The number of unbranched alkanes of at least 4 members (excludes halogenated alkanes) is 18. The van der Waals surface area contributed by atoms with E-state index < -0.39 is 0 Å². The summed E-state index contributed by atoms with van der Waals surface area (Å²) >= 11 is 9.95. The zero-order valence-corrected chi connectivity index (χ0v) is 30.7. The van der Waals surface area contributed by atoms with Crippen LogP contribution in [0.1, 0.15) is 163 Å². The van der Waals surface area contributed by atoms with Gasteiger partial charge in [-0.05, 0) is 56.8 Å². The lowest BCUT2D eigenvalue weighted by molar-refractivity contribution is 0.0487. The summed E-state index contributed by atoms with van der Waals surface area (Å²) in [5.41, 5.74) is 0.995. The lowest BCUT2D eigenvalue weighted by Gasteiger charge is -2.08. The normalized spacial score (nSPS) is 11.2. The summed E-state index contributed by atoms with van der Waals surface area (Å²) in [6.45, 7) is 5.34. The van der Waals surface area contributed by atoms with Gasteiger partial charge in [-0.25, -0.2) is 9.59 Å². The van der Waals surface area contributed by atoms with Crippen molar-refractivity contribution in [2.45, 2.75) is 142 Å². The summed E-state index contributed by atoms with van der Waals surface area (Å²) in [4.78, 5) is 27.5. The van der Waals surface area contributed by atoms with Gasteiger partial charge in [0.25, 0.3) is 0 Å². The van der Waals surface area contributed by atoms with Gasteiger partial charge in [-0.3, -0.25) is 0 Å². The van der Waals surface area contributed by atoms with Gasteiger partial charge < -0.3 is 9.47 Å². The van der Waals surface area contributed by atoms with E-state index in [0.717, 1.165) is 43.0 Å². The first-order valence-corrected chi connectivity index (χ1v) is 19.6. The van der Waals surface area contributed by atoms with Crippen molar-refractivity contribution in [3.8, 4) is 9.75 Å². The Morgan fingerprint density at radius 3 is 1.12 bits per heavy atom. The Hall–Kier alpha value is -0.700. The Morgan fingerprint density at radius 2 is 0.810 bits per heavy atom. The van der Waals surface area contributed by atoms with E-state index in [2.05, 4.69) is 45.7 Å². The highest BCUT2D eigenvalue weighted by molar-refractivity contribution is 9.11. The number of carbonyl (C=O) groups excluding carboxylic acids is 2. The molecule has 0 aliphatic carbocycles. The van der Waals surface area contributed by atoms with Crippen LogP contribution in [0.15, 0.2) is 19.7 Å². The summed E-state index contributed by atoms with van der Waals surface area (Å²) in [6.07, 6.45) is 24.8. The fourth-order valence-corrected chi connectivity index (χ4v) is 8.36. The Kier molecular flexibility index (Phi) is 21.1. The Balaban J connectivity index is 1.75. The molecule has 8 heteroatoms. The number of rotatable bonds is 25. The molecule has 0 aromatic carbocycles. The number of esters is 2. The van der Waals surface area contributed by atoms with Crippen LogP contribution in [-0.2, 0) is 9.47 Å². The summed E-state index contributed by atoms with van der Waals surface area (Å²) in [7, 11) is 0. The number of ether oxygens (including phenoxy) is 2. The molecule has 4 nitrogen and oxygen atoms in total. The molecule has 0 fully saturated rings. The Bertz CT molecular complexity index is 937. The first-order valence-electron chi connectivity index (χ1n) is 16.4. The Morgan fingerprint density at radius 1 is 0.524 bits per heavy atom. The molecule has 0 aliphatic rings. The molecular formula is C34H52Br2O4S2. The molecule has 0 saturated carbocycles. The first-order chi connectivity index (χ1) is 20.5. The topological polar surface area (TPSA) is 52.6 Å². The second-order valence-electron chi connectivity index (χ2n) is 11.2. The number of halogens is 2. The second kappa shape index (κ2) is 23.7. The van der Waals surface area contributed by atoms with E-state index in [0.29, 0.717) is 24.3 Å². The van der Waals surface area contributed by atoms with Gasteiger partial charge in [-0.2, -0.15) is 0 Å². The van der Waals surface area contributed by atoms with Gasteiger partial charge in [0.05, 0.1) is 41.7 Å². The molecule has 2 heterocycles. The molecule has 42 heavy (non-hydrogen) atoms. The zero-order chi connectivity index (χ0) is 30.4. The summed E-state index contributed by atoms with van der Waals surface area (Å²) < 4.78 is 13.0. The second-order valence-corrected chi connectivity index (χ2v) is 16.1. The van der Waals surface area contributed by atoms with Gasteiger partial charge in [-0.15, -0.1) is 22.7 Å². The van der Waals surface area contributed by atoms with E-state index >= 15 is 0 Å². The minimum atomic E-state index is -0.336. The smallest absolute Gasteiger partial charge is 0.339 e. The molecular weight excluding hydrogens is 696 g/mol. The molecule has 0 N–H and O–H groups in total. The van der Waals surface area contributed by atoms with E-state index in [1.807, 2.05) is 0 Å². The molecule has 238 valence electrons. The minimum Gasteiger partial charge on any atom is -0.462 e. The fraction of sp³-hybridized carbons (Fsp3) is 0.706. The van der Waals surface area contributed by atoms with Crippen LogP contribution >= 0.6 is 54.5 Å². The van der Waals surface area contributed by atoms with Crippen molar-refractivity contribution in [3.05, 3.63) is 30.8 Å². The highest BCUT2D eigenvalue weighted by Gasteiger charge is 2.25. The van der Waals surface area contributed by atoms with Gasteiger partial charge in [0.1, 0.15) is 0 Å². The molecule has 0 aliphatic heterocycles. The predicted molar refractivity (Wildman–Crippen MR) is 187 cm³/mol. The van der Waals surface area contributed by atoms with E-state index in [1.54, 1.807) is 12.1 Å². The monoisotopic (exact) mass is 746 g/mol. The van der Waals surface area contributed by atoms with Crippen LogP contribution in [0.25, 0.3) is 9.75 Å². The minimum absolute atomic E-state index is 0.336. The maximum atomic E-state index is 13.0. The van der Waals surface area contributed by atoms with Crippen LogP contribution in [0.4, 0.5) is 0 Å². The standard InChI is InChI=1S/C34H52Br2O4S2/c1-3-5-7-9-11-13-15-17-19-21-23-39-33(37)27-25-29(35)41-31(27)32-28(26-30(36)42-32)34(38)40-24-22-20-18-16-14-12-10-8-6-4-2/h25-26H,3-24H2,1-2H3. The molecule has 0 unspecified atom stereocenters. The molecule has 2 aromatic heterocycles. The Labute approximate surface area is 280 Å². The SMILES string of the molecule is CCCCCCCCCCCCOC(=O)c1cc(Br)sc1-c1sc(Br)cc1C(=O)OCCCCCCCCCCCC. The number of hydrogen-bond donors (Lipinski definition) is 0. The van der Waals surface area contributed by atoms with E-state index in [4.69, 9.17) is 9.47 Å². The van der Waals surface area contributed by atoms with E-state index in [-0.39, 0.29) is 11.9 Å². The van der Waals surface area contributed by atoms with E-state index in [1.165, 1.54) is 125 Å². The molecule has 2 rings (SSSR count). The molecule has 0 bridgehead atoms. The van der Waals surface area contributed by atoms with Crippen LogP contribution in [-0.4, -0.2) is 25.2 Å². The van der Waals surface area contributed by atoms with Crippen LogP contribution < -0.4 is 0 Å². The van der Waals surface area contributed by atoms with E-state index in [9.17, 15) is 9.59 Å². The lowest BCUT2D eigenvalue weighted by Crippen LogP contribution is -2.08. The van der Waals surface area contributed by atoms with Crippen LogP contribution in [0.3, 0.4) is 0 Å². The van der Waals surface area contributed by atoms with Crippen molar-refractivity contribution in [2.75, 3.05) is 13.2 Å². The third-order valence-corrected chi connectivity index (χ3v) is 11.0. The van der Waals surface area contributed by atoms with Crippen molar-refractivity contribution in [2.24, 2.45) is 0 Å². The highest BCUT2D eigenvalue weighted by atomic mass is 79.9.